The van der Waals surface area contributed by atoms with Crippen molar-refractivity contribution >= 4 is 69.9 Å². The quantitative estimate of drug-likeness (QED) is 0.0417. The molecule has 0 radical (unpaired) electrons. The molecule has 16 nitrogen and oxygen atoms in total. The van der Waals surface area contributed by atoms with Crippen LogP contribution in [0.15, 0.2) is 0 Å². The number of aliphatic carboxylic acids is 4. The lowest BCUT2D eigenvalue weighted by molar-refractivity contribution is -0.308. The average molecular weight is 627 g/mol. The Morgan fingerprint density at radius 3 is 1.52 bits per heavy atom. The summed E-state index contributed by atoms with van der Waals surface area (Å²) < 4.78 is 0. The van der Waals surface area contributed by atoms with Crippen molar-refractivity contribution in [2.45, 2.75) is 6.04 Å². The van der Waals surface area contributed by atoms with Gasteiger partial charge < -0.3 is 56.0 Å². The maximum atomic E-state index is 12.3. The number of hydrogen-bond donors (Lipinski definition) is 4. The van der Waals surface area contributed by atoms with Gasteiger partial charge >= 0.3 is 0 Å². The molecule has 0 saturated heterocycles. The summed E-state index contributed by atoms with van der Waals surface area (Å²) in [6, 6.07) is -1.11. The van der Waals surface area contributed by atoms with E-state index in [1.54, 1.807) is 0 Å². The van der Waals surface area contributed by atoms with Crippen molar-refractivity contribution in [1.29, 1.82) is 0 Å². The molecule has 0 rings (SSSR count). The standard InChI is InChI=1S/C21H38N6O10S3/c22-15(21(36)37)14-40-39-8-2-24-17(29)10-27(13-20(34)35)6-4-25(11-18(30)31)3-5-26(12-19(32)33)9-16(28)23-1-7-38/h15,38H,1-14,22H2,(H,23,28)(H,24,29)(H,30,31)(H,32,33)(H,34,35)(H,36,37)/p-4. The molecule has 4 N–H and O–H groups in total. The number of hydrogen-bond acceptors (Lipinski definition) is 17. The van der Waals surface area contributed by atoms with Crippen LogP contribution in [0.25, 0.3) is 0 Å². The molecule has 0 aliphatic rings. The van der Waals surface area contributed by atoms with E-state index in [0.29, 0.717) is 11.5 Å². The summed E-state index contributed by atoms with van der Waals surface area (Å²) in [5, 5.41) is 49.2. The molecular weight excluding hydrogens is 592 g/mol. The number of carbonyl (C=O) groups is 6. The summed E-state index contributed by atoms with van der Waals surface area (Å²) in [5.74, 6) is -5.72. The Bertz CT molecular complexity index is 841. The van der Waals surface area contributed by atoms with Gasteiger partial charge in [-0.3, -0.25) is 24.3 Å². The highest BCUT2D eigenvalue weighted by atomic mass is 33.1. The second-order valence-corrected chi connectivity index (χ2v) is 11.3. The van der Waals surface area contributed by atoms with Gasteiger partial charge in [-0.2, -0.15) is 12.6 Å². The first kappa shape index (κ1) is 37.7. The Morgan fingerprint density at radius 1 is 0.675 bits per heavy atom. The number of nitrogens with one attached hydrogen (secondary N) is 2. The highest BCUT2D eigenvalue weighted by molar-refractivity contribution is 8.76. The number of rotatable bonds is 25. The number of nitrogens with zero attached hydrogens (tertiary/aromatic N) is 3. The number of carbonyl (C=O) groups excluding carboxylic acids is 6. The zero-order valence-corrected chi connectivity index (χ0v) is 24.3. The fraction of sp³-hybridized carbons (Fsp3) is 0.714. The molecule has 1 atom stereocenters. The van der Waals surface area contributed by atoms with Crippen LogP contribution in [0.1, 0.15) is 0 Å². The van der Waals surface area contributed by atoms with E-state index in [4.69, 9.17) is 5.73 Å². The molecule has 40 heavy (non-hydrogen) atoms. The monoisotopic (exact) mass is 626 g/mol. The summed E-state index contributed by atoms with van der Waals surface area (Å²) in [7, 11) is 2.48. The van der Waals surface area contributed by atoms with Crippen LogP contribution in [-0.2, 0) is 28.8 Å². The van der Waals surface area contributed by atoms with E-state index in [1.165, 1.54) is 36.3 Å². The van der Waals surface area contributed by atoms with Gasteiger partial charge in [-0.25, -0.2) is 0 Å². The van der Waals surface area contributed by atoms with Crippen molar-refractivity contribution in [3.63, 3.8) is 0 Å². The van der Waals surface area contributed by atoms with Crippen molar-refractivity contribution in [2.75, 3.05) is 89.3 Å². The van der Waals surface area contributed by atoms with Gasteiger partial charge in [0.1, 0.15) is 0 Å². The van der Waals surface area contributed by atoms with E-state index in [0.717, 1.165) is 0 Å². The Morgan fingerprint density at radius 2 is 1.10 bits per heavy atom. The number of amides is 2. The lowest BCUT2D eigenvalue weighted by Crippen LogP contribution is -2.50. The maximum absolute atomic E-state index is 12.3. The highest BCUT2D eigenvalue weighted by Gasteiger charge is 2.16. The second kappa shape index (κ2) is 22.4. The van der Waals surface area contributed by atoms with Crippen LogP contribution in [0.4, 0.5) is 0 Å². The summed E-state index contributed by atoms with van der Waals surface area (Å²) in [6.07, 6.45) is 0. The maximum Gasteiger partial charge on any atom is 0.234 e. The minimum absolute atomic E-state index is 0.0110. The predicted molar refractivity (Wildman–Crippen MR) is 142 cm³/mol. The molecule has 0 bridgehead atoms. The molecule has 0 spiro atoms. The van der Waals surface area contributed by atoms with Crippen LogP contribution in [0.2, 0.25) is 0 Å². The molecule has 1 unspecified atom stereocenters. The minimum atomic E-state index is -1.46. The Kier molecular flexibility index (Phi) is 21.1. The van der Waals surface area contributed by atoms with E-state index in [2.05, 4.69) is 23.3 Å². The molecule has 230 valence electrons. The zero-order chi connectivity index (χ0) is 30.5. The molecular formula is C21H34N6O10S3-4. The van der Waals surface area contributed by atoms with Crippen LogP contribution in [0.5, 0.6) is 0 Å². The van der Waals surface area contributed by atoms with Gasteiger partial charge in [0.2, 0.25) is 11.8 Å². The van der Waals surface area contributed by atoms with Crippen LogP contribution >= 0.6 is 34.2 Å². The number of carboxylic acids is 4. The predicted octanol–water partition coefficient (Wildman–Crippen LogP) is -8.24. The van der Waals surface area contributed by atoms with Crippen molar-refractivity contribution in [2.24, 2.45) is 5.73 Å². The third-order valence-electron chi connectivity index (χ3n) is 4.83. The fourth-order valence-electron chi connectivity index (χ4n) is 3.01. The van der Waals surface area contributed by atoms with Gasteiger partial charge in [0.25, 0.3) is 0 Å². The summed E-state index contributed by atoms with van der Waals surface area (Å²) >= 11 is 3.97. The molecule has 0 aromatic heterocycles. The lowest BCUT2D eigenvalue weighted by atomic mass is 10.3. The van der Waals surface area contributed by atoms with E-state index in [9.17, 15) is 49.2 Å². The Balaban J connectivity index is 4.88. The topological polar surface area (TPSA) is 254 Å². The third kappa shape index (κ3) is 21.5. The normalized spacial score (nSPS) is 11.9. The first-order valence-corrected chi connectivity index (χ1v) is 15.1. The van der Waals surface area contributed by atoms with E-state index in [1.807, 2.05) is 0 Å². The largest absolute Gasteiger partial charge is 0.549 e. The van der Waals surface area contributed by atoms with Gasteiger partial charge in [0.05, 0.1) is 43.0 Å². The number of nitrogens with two attached hydrogens (primary N) is 1. The molecule has 0 saturated carbocycles. The summed E-state index contributed by atoms with van der Waals surface area (Å²) in [5.41, 5.74) is 5.33. The van der Waals surface area contributed by atoms with E-state index >= 15 is 0 Å². The van der Waals surface area contributed by atoms with Crippen molar-refractivity contribution < 1.29 is 49.2 Å². The van der Waals surface area contributed by atoms with Crippen molar-refractivity contribution in [3.05, 3.63) is 0 Å². The first-order chi connectivity index (χ1) is 18.8. The number of thiol groups is 1. The summed E-state index contributed by atoms with van der Waals surface area (Å²) in [4.78, 5) is 72.1. The SMILES string of the molecule is NC(CSSCCNC(=O)CN(CCN(CCN(CC(=O)[O-])CC(=O)NCCS)CC(=O)[O-])CC(=O)[O-])C(=O)[O-]. The Labute approximate surface area is 245 Å². The molecule has 2 amide bonds. The molecule has 0 aromatic carbocycles. The van der Waals surface area contributed by atoms with Gasteiger partial charge in [-0.05, 0) is 0 Å². The molecule has 0 heterocycles. The molecule has 0 fully saturated rings. The third-order valence-corrected chi connectivity index (χ3v) is 7.50. The molecule has 0 aliphatic carbocycles. The molecule has 0 aromatic rings. The average Bonchev–Trinajstić information content (AvgIpc) is 2.84. The fourth-order valence-corrected chi connectivity index (χ4v) is 5.13. The van der Waals surface area contributed by atoms with Gasteiger partial charge in [0.15, 0.2) is 0 Å². The first-order valence-electron chi connectivity index (χ1n) is 12.0. The number of carboxylic acid groups (broad SMARTS) is 4. The van der Waals surface area contributed by atoms with E-state index in [-0.39, 0.29) is 58.1 Å². The van der Waals surface area contributed by atoms with Gasteiger partial charge in [0, 0.05) is 76.2 Å². The molecule has 19 heteroatoms. The Hall–Kier alpha value is -2.29. The lowest BCUT2D eigenvalue weighted by Gasteiger charge is -2.30. The van der Waals surface area contributed by atoms with Crippen LogP contribution in [0.3, 0.4) is 0 Å². The minimum Gasteiger partial charge on any atom is -0.549 e. The van der Waals surface area contributed by atoms with E-state index < -0.39 is 61.4 Å². The van der Waals surface area contributed by atoms with Crippen molar-refractivity contribution in [1.82, 2.24) is 25.3 Å². The zero-order valence-electron chi connectivity index (χ0n) is 21.7. The highest BCUT2D eigenvalue weighted by Crippen LogP contribution is 2.20. The summed E-state index contributed by atoms with van der Waals surface area (Å²) in [6.45, 7) is -1.99. The second-order valence-electron chi connectivity index (χ2n) is 8.27. The molecule has 0 aliphatic heterocycles. The smallest absolute Gasteiger partial charge is 0.234 e. The van der Waals surface area contributed by atoms with Gasteiger partial charge in [-0.15, -0.1) is 0 Å². The van der Waals surface area contributed by atoms with Crippen LogP contribution < -0.4 is 36.8 Å². The van der Waals surface area contributed by atoms with Gasteiger partial charge in [-0.1, -0.05) is 21.6 Å². The van der Waals surface area contributed by atoms with Crippen LogP contribution in [-0.4, -0.2) is 146 Å². The van der Waals surface area contributed by atoms with Crippen LogP contribution in [0, 0.1) is 0 Å². The van der Waals surface area contributed by atoms with Crippen molar-refractivity contribution in [3.8, 4) is 0 Å².